The zero-order valence-corrected chi connectivity index (χ0v) is 17.6. The Morgan fingerprint density at radius 2 is 2.00 bits per heavy atom. The van der Waals surface area contributed by atoms with E-state index in [0.717, 1.165) is 30.6 Å². The largest absolute Gasteiger partial charge is 0.497 e. The second-order valence-corrected chi connectivity index (χ2v) is 8.28. The average molecular weight is 411 g/mol. The van der Waals surface area contributed by atoms with Gasteiger partial charge in [-0.3, -0.25) is 14.5 Å². The van der Waals surface area contributed by atoms with E-state index >= 15 is 0 Å². The Bertz CT molecular complexity index is 694. The molecule has 2 N–H and O–H groups in total. The number of carbonyl (C=O) groups is 2. The number of carboxylic acids is 1. The Morgan fingerprint density at radius 1 is 1.32 bits per heavy atom. The molecule has 1 saturated carbocycles. The number of benzene rings is 1. The molecule has 0 bridgehead atoms. The fraction of sp³-hybridized carbons (Fsp3) is 0.619. The molecule has 3 rings (SSSR count). The number of hydrogen-bond donors (Lipinski definition) is 2. The number of fused-ring (bicyclic) bond motifs is 1. The Balaban J connectivity index is 0.00000280. The first kappa shape index (κ1) is 22.5. The van der Waals surface area contributed by atoms with E-state index in [1.54, 1.807) is 7.11 Å². The van der Waals surface area contributed by atoms with Crippen LogP contribution in [0.15, 0.2) is 24.3 Å². The monoisotopic (exact) mass is 410 g/mol. The first-order valence-corrected chi connectivity index (χ1v) is 9.75. The van der Waals surface area contributed by atoms with Crippen LogP contribution in [-0.2, 0) is 9.59 Å². The lowest BCUT2D eigenvalue weighted by Gasteiger charge is -2.26. The second kappa shape index (κ2) is 9.14. The summed E-state index contributed by atoms with van der Waals surface area (Å²) in [4.78, 5) is 26.5. The van der Waals surface area contributed by atoms with Gasteiger partial charge in [-0.15, -0.1) is 12.4 Å². The molecule has 2 aliphatic rings. The van der Waals surface area contributed by atoms with Crippen LogP contribution in [0.2, 0.25) is 0 Å². The highest BCUT2D eigenvalue weighted by molar-refractivity contribution is 5.85. The summed E-state index contributed by atoms with van der Waals surface area (Å²) in [5.74, 6) is 0.447. The maximum atomic E-state index is 12.7. The SMILES string of the molecule is COc1ccc(C(NC(=O)CN2C[C@@H]3CCC[C@@]3(C(=O)O)C2)C(C)C)cc1.Cl. The van der Waals surface area contributed by atoms with E-state index in [0.29, 0.717) is 13.1 Å². The number of amides is 1. The van der Waals surface area contributed by atoms with Crippen molar-refractivity contribution in [2.75, 3.05) is 26.7 Å². The lowest BCUT2D eigenvalue weighted by Crippen LogP contribution is -2.41. The molecular weight excluding hydrogens is 380 g/mol. The van der Waals surface area contributed by atoms with Crippen LogP contribution in [0.4, 0.5) is 0 Å². The van der Waals surface area contributed by atoms with Crippen molar-refractivity contribution in [3.05, 3.63) is 29.8 Å². The van der Waals surface area contributed by atoms with Crippen LogP contribution in [0.5, 0.6) is 5.75 Å². The van der Waals surface area contributed by atoms with Crippen LogP contribution in [-0.4, -0.2) is 48.6 Å². The first-order chi connectivity index (χ1) is 12.9. The Labute approximate surface area is 173 Å². The summed E-state index contributed by atoms with van der Waals surface area (Å²) in [6.45, 7) is 5.60. The summed E-state index contributed by atoms with van der Waals surface area (Å²) in [6.07, 6.45) is 2.65. The predicted molar refractivity (Wildman–Crippen MR) is 110 cm³/mol. The van der Waals surface area contributed by atoms with Crippen LogP contribution in [0.25, 0.3) is 0 Å². The van der Waals surface area contributed by atoms with E-state index in [1.165, 1.54) is 0 Å². The van der Waals surface area contributed by atoms with Gasteiger partial charge in [-0.1, -0.05) is 32.4 Å². The molecule has 6 nitrogen and oxygen atoms in total. The van der Waals surface area contributed by atoms with E-state index in [-0.39, 0.29) is 42.7 Å². The quantitative estimate of drug-likeness (QED) is 0.722. The summed E-state index contributed by atoms with van der Waals surface area (Å²) in [6, 6.07) is 7.66. The number of likely N-dealkylation sites (tertiary alicyclic amines) is 1. The Hall–Kier alpha value is -1.79. The molecule has 0 spiro atoms. The van der Waals surface area contributed by atoms with Crippen molar-refractivity contribution in [2.24, 2.45) is 17.3 Å². The van der Waals surface area contributed by atoms with E-state index in [4.69, 9.17) is 4.74 Å². The number of halogens is 1. The number of methoxy groups -OCH3 is 1. The van der Waals surface area contributed by atoms with Crippen LogP contribution in [0.3, 0.4) is 0 Å². The summed E-state index contributed by atoms with van der Waals surface area (Å²) in [5, 5.41) is 12.8. The van der Waals surface area contributed by atoms with Gasteiger partial charge in [0.05, 0.1) is 25.1 Å². The highest BCUT2D eigenvalue weighted by Crippen LogP contribution is 2.48. The van der Waals surface area contributed by atoms with Crippen LogP contribution in [0, 0.1) is 17.3 Å². The van der Waals surface area contributed by atoms with Gasteiger partial charge in [-0.25, -0.2) is 0 Å². The minimum atomic E-state index is -0.703. The maximum Gasteiger partial charge on any atom is 0.311 e. The van der Waals surface area contributed by atoms with Gasteiger partial charge in [-0.05, 0) is 42.4 Å². The molecule has 1 aromatic rings. The summed E-state index contributed by atoms with van der Waals surface area (Å²) in [5.41, 5.74) is 0.396. The van der Waals surface area contributed by atoms with E-state index in [2.05, 4.69) is 19.2 Å². The summed E-state index contributed by atoms with van der Waals surface area (Å²) < 4.78 is 5.20. The number of nitrogens with one attached hydrogen (secondary N) is 1. The van der Waals surface area contributed by atoms with E-state index in [9.17, 15) is 14.7 Å². The third kappa shape index (κ3) is 4.44. The van der Waals surface area contributed by atoms with Gasteiger partial charge in [0.15, 0.2) is 0 Å². The maximum absolute atomic E-state index is 12.7. The topological polar surface area (TPSA) is 78.9 Å². The molecule has 0 aromatic heterocycles. The number of carboxylic acid groups (broad SMARTS) is 1. The molecule has 3 atom stereocenters. The van der Waals surface area contributed by atoms with Crippen LogP contribution in [0.1, 0.15) is 44.7 Å². The van der Waals surface area contributed by atoms with Crippen molar-refractivity contribution in [1.82, 2.24) is 10.2 Å². The molecule has 1 saturated heterocycles. The average Bonchev–Trinajstić information content (AvgIpc) is 3.17. The Morgan fingerprint density at radius 3 is 2.54 bits per heavy atom. The number of aliphatic carboxylic acids is 1. The van der Waals surface area contributed by atoms with Crippen LogP contribution >= 0.6 is 12.4 Å². The number of rotatable bonds is 7. The third-order valence-corrected chi connectivity index (χ3v) is 6.19. The van der Waals surface area contributed by atoms with Crippen LogP contribution < -0.4 is 10.1 Å². The standard InChI is InChI=1S/C21H30N2O4.ClH/c1-14(2)19(15-6-8-17(27-3)9-7-15)22-18(24)12-23-11-16-5-4-10-21(16,13-23)20(25)26;/h6-9,14,16,19H,4-5,10-13H2,1-3H3,(H,22,24)(H,25,26);1H/t16-,19?,21+;/m0./s1. The lowest BCUT2D eigenvalue weighted by atomic mass is 9.81. The van der Waals surface area contributed by atoms with Gasteiger partial charge < -0.3 is 15.2 Å². The zero-order chi connectivity index (χ0) is 19.6. The molecule has 1 unspecified atom stereocenters. The summed E-state index contributed by atoms with van der Waals surface area (Å²) >= 11 is 0. The van der Waals surface area contributed by atoms with Crippen molar-refractivity contribution in [2.45, 2.75) is 39.2 Å². The van der Waals surface area contributed by atoms with E-state index < -0.39 is 11.4 Å². The third-order valence-electron chi connectivity index (χ3n) is 6.19. The Kier molecular flexibility index (Phi) is 7.34. The lowest BCUT2D eigenvalue weighted by molar-refractivity contribution is -0.149. The van der Waals surface area contributed by atoms with E-state index in [1.807, 2.05) is 29.2 Å². The van der Waals surface area contributed by atoms with Gasteiger partial charge >= 0.3 is 5.97 Å². The fourth-order valence-corrected chi connectivity index (χ4v) is 4.73. The molecule has 156 valence electrons. The predicted octanol–water partition coefficient (Wildman–Crippen LogP) is 3.12. The van der Waals surface area contributed by atoms with Gasteiger partial charge in [0.1, 0.15) is 5.75 Å². The fourth-order valence-electron chi connectivity index (χ4n) is 4.73. The van der Waals surface area contributed by atoms with Crippen molar-refractivity contribution in [1.29, 1.82) is 0 Å². The molecule has 7 heteroatoms. The number of carbonyl (C=O) groups excluding carboxylic acids is 1. The smallest absolute Gasteiger partial charge is 0.311 e. The normalized spacial score (nSPS) is 25.1. The number of hydrogen-bond acceptors (Lipinski definition) is 4. The van der Waals surface area contributed by atoms with Crippen molar-refractivity contribution in [3.8, 4) is 5.75 Å². The second-order valence-electron chi connectivity index (χ2n) is 8.28. The van der Waals surface area contributed by atoms with Gasteiger partial charge in [0, 0.05) is 13.1 Å². The molecular formula is C21H31ClN2O4. The minimum absolute atomic E-state index is 0. The van der Waals surface area contributed by atoms with Crippen molar-refractivity contribution in [3.63, 3.8) is 0 Å². The van der Waals surface area contributed by atoms with Gasteiger partial charge in [0.2, 0.25) is 5.91 Å². The van der Waals surface area contributed by atoms with Gasteiger partial charge in [0.25, 0.3) is 0 Å². The summed E-state index contributed by atoms with van der Waals surface area (Å²) in [7, 11) is 1.63. The van der Waals surface area contributed by atoms with Crippen molar-refractivity contribution < 1.29 is 19.4 Å². The molecule has 28 heavy (non-hydrogen) atoms. The molecule has 0 radical (unpaired) electrons. The number of nitrogens with zero attached hydrogens (tertiary/aromatic N) is 1. The minimum Gasteiger partial charge on any atom is -0.497 e. The highest BCUT2D eigenvalue weighted by Gasteiger charge is 2.54. The van der Waals surface area contributed by atoms with Gasteiger partial charge in [-0.2, -0.15) is 0 Å². The molecule has 1 amide bonds. The highest BCUT2D eigenvalue weighted by atomic mass is 35.5. The molecule has 2 fully saturated rings. The first-order valence-electron chi connectivity index (χ1n) is 9.75. The zero-order valence-electron chi connectivity index (χ0n) is 16.8. The molecule has 1 aliphatic carbocycles. The molecule has 1 aliphatic heterocycles. The number of ether oxygens (including phenoxy) is 1. The molecule has 1 aromatic carbocycles. The molecule has 1 heterocycles. The van der Waals surface area contributed by atoms with Crippen molar-refractivity contribution >= 4 is 24.3 Å².